The Hall–Kier alpha value is -3.05. The van der Waals surface area contributed by atoms with Crippen molar-refractivity contribution in [3.05, 3.63) is 72.1 Å². The number of hydrogen-bond acceptors (Lipinski definition) is 4. The third-order valence-corrected chi connectivity index (χ3v) is 4.54. The van der Waals surface area contributed by atoms with Crippen molar-refractivity contribution < 1.29 is 9.90 Å². The number of nitrogens with zero attached hydrogens (tertiary/aromatic N) is 3. The maximum Gasteiger partial charge on any atom is 0.263 e. The zero-order chi connectivity index (χ0) is 17.4. The van der Waals surface area contributed by atoms with Crippen molar-refractivity contribution in [3.8, 4) is 0 Å². The van der Waals surface area contributed by atoms with E-state index in [0.29, 0.717) is 11.3 Å². The van der Waals surface area contributed by atoms with Gasteiger partial charge < -0.3 is 10.0 Å². The van der Waals surface area contributed by atoms with Crippen LogP contribution in [0.5, 0.6) is 0 Å². The van der Waals surface area contributed by atoms with Crippen molar-refractivity contribution in [2.24, 2.45) is 0 Å². The molecule has 1 aliphatic heterocycles. The van der Waals surface area contributed by atoms with Crippen molar-refractivity contribution in [3.63, 3.8) is 0 Å². The monoisotopic (exact) mass is 331 g/mol. The second-order valence-electron chi connectivity index (χ2n) is 6.13. The number of likely N-dealkylation sites (N-methyl/N-ethyl adjacent to an activating group) is 1. The van der Waals surface area contributed by atoms with Gasteiger partial charge in [0.25, 0.3) is 5.91 Å². The molecule has 1 amide bonds. The van der Waals surface area contributed by atoms with Crippen LogP contribution in [0.15, 0.2) is 60.8 Å². The van der Waals surface area contributed by atoms with Crippen LogP contribution in [0.1, 0.15) is 17.7 Å². The molecule has 0 aliphatic carbocycles. The Balaban J connectivity index is 1.61. The molecule has 124 valence electrons. The zero-order valence-electron chi connectivity index (χ0n) is 13.8. The Morgan fingerprint density at radius 1 is 1.12 bits per heavy atom. The average Bonchev–Trinajstić information content (AvgIpc) is 2.84. The van der Waals surface area contributed by atoms with Crippen LogP contribution >= 0.6 is 0 Å². The van der Waals surface area contributed by atoms with E-state index in [1.165, 1.54) is 4.90 Å². The van der Waals surface area contributed by atoms with Gasteiger partial charge in [-0.1, -0.05) is 36.4 Å². The maximum atomic E-state index is 12.5. The van der Waals surface area contributed by atoms with Crippen LogP contribution in [0.2, 0.25) is 0 Å². The molecule has 5 nitrogen and oxygen atoms in total. The molecule has 0 bridgehead atoms. The molecule has 3 aromatic rings. The number of rotatable bonds is 3. The van der Waals surface area contributed by atoms with Gasteiger partial charge in [0.15, 0.2) is 5.60 Å². The SMILES string of the molecule is CN1C(=O)[C@](O)(C/C=C/c2cnc3ccccc3n2)c2ccccc21. The fraction of sp³-hybridized carbons (Fsp3) is 0.150. The smallest absolute Gasteiger partial charge is 0.263 e. The molecule has 0 fully saturated rings. The molecule has 0 unspecified atom stereocenters. The summed E-state index contributed by atoms with van der Waals surface area (Å²) in [5.41, 5.74) is 2.18. The molecule has 1 atom stereocenters. The highest BCUT2D eigenvalue weighted by atomic mass is 16.3. The van der Waals surface area contributed by atoms with E-state index >= 15 is 0 Å². The number of fused-ring (bicyclic) bond motifs is 2. The molecule has 1 N–H and O–H groups in total. The summed E-state index contributed by atoms with van der Waals surface area (Å²) in [6, 6.07) is 15.0. The minimum atomic E-state index is -1.54. The highest BCUT2D eigenvalue weighted by molar-refractivity contribution is 6.06. The van der Waals surface area contributed by atoms with Crippen LogP contribution in [0.3, 0.4) is 0 Å². The number of hydrogen-bond donors (Lipinski definition) is 1. The van der Waals surface area contributed by atoms with Gasteiger partial charge in [0.1, 0.15) is 0 Å². The van der Waals surface area contributed by atoms with E-state index in [4.69, 9.17) is 0 Å². The van der Waals surface area contributed by atoms with Crippen molar-refractivity contribution in [1.29, 1.82) is 0 Å². The molecule has 1 aliphatic rings. The Morgan fingerprint density at radius 3 is 2.68 bits per heavy atom. The van der Waals surface area contributed by atoms with Gasteiger partial charge in [0.2, 0.25) is 0 Å². The maximum absolute atomic E-state index is 12.5. The first kappa shape index (κ1) is 15.5. The third-order valence-electron chi connectivity index (χ3n) is 4.54. The van der Waals surface area contributed by atoms with Gasteiger partial charge in [0.05, 0.1) is 28.6 Å². The van der Waals surface area contributed by atoms with Crippen LogP contribution in [-0.4, -0.2) is 28.0 Å². The summed E-state index contributed by atoms with van der Waals surface area (Å²) in [7, 11) is 1.68. The van der Waals surface area contributed by atoms with E-state index in [9.17, 15) is 9.90 Å². The number of carbonyl (C=O) groups is 1. The van der Waals surface area contributed by atoms with Crippen LogP contribution < -0.4 is 4.90 Å². The van der Waals surface area contributed by atoms with Gasteiger partial charge in [-0.05, 0) is 24.3 Å². The molecule has 2 aromatic carbocycles. The Kier molecular flexibility index (Phi) is 3.58. The number of para-hydroxylation sites is 3. The van der Waals surface area contributed by atoms with Crippen LogP contribution in [0.25, 0.3) is 17.1 Å². The molecule has 1 aromatic heterocycles. The average molecular weight is 331 g/mol. The summed E-state index contributed by atoms with van der Waals surface area (Å²) in [4.78, 5) is 22.9. The summed E-state index contributed by atoms with van der Waals surface area (Å²) in [5, 5.41) is 11.0. The van der Waals surface area contributed by atoms with Gasteiger partial charge in [-0.25, -0.2) is 4.98 Å². The van der Waals surface area contributed by atoms with Crippen molar-refractivity contribution in [2.75, 3.05) is 11.9 Å². The quantitative estimate of drug-likeness (QED) is 0.801. The normalized spacial score (nSPS) is 19.8. The van der Waals surface area contributed by atoms with Crippen LogP contribution in [0.4, 0.5) is 5.69 Å². The van der Waals surface area contributed by atoms with E-state index in [1.54, 1.807) is 31.5 Å². The first-order valence-electron chi connectivity index (χ1n) is 8.08. The van der Waals surface area contributed by atoms with Crippen molar-refractivity contribution in [1.82, 2.24) is 9.97 Å². The number of benzene rings is 2. The van der Waals surface area contributed by atoms with Gasteiger partial charge in [-0.15, -0.1) is 0 Å². The number of aromatic nitrogens is 2. The van der Waals surface area contributed by atoms with Gasteiger partial charge >= 0.3 is 0 Å². The minimum Gasteiger partial charge on any atom is -0.375 e. The predicted octanol–water partition coefficient (Wildman–Crippen LogP) is 2.90. The van der Waals surface area contributed by atoms with Crippen molar-refractivity contribution in [2.45, 2.75) is 12.0 Å². The lowest BCUT2D eigenvalue weighted by Gasteiger charge is -2.19. The molecule has 0 spiro atoms. The van der Waals surface area contributed by atoms with Crippen LogP contribution in [-0.2, 0) is 10.4 Å². The first-order chi connectivity index (χ1) is 12.1. The lowest BCUT2D eigenvalue weighted by Crippen LogP contribution is -2.38. The molecule has 25 heavy (non-hydrogen) atoms. The minimum absolute atomic E-state index is 0.182. The summed E-state index contributed by atoms with van der Waals surface area (Å²) in [6.07, 6.45) is 5.42. The molecular weight excluding hydrogens is 314 g/mol. The second kappa shape index (κ2) is 5.79. The molecule has 0 saturated carbocycles. The Morgan fingerprint density at radius 2 is 1.84 bits per heavy atom. The fourth-order valence-corrected chi connectivity index (χ4v) is 3.22. The number of carbonyl (C=O) groups excluding carboxylic acids is 1. The van der Waals surface area contributed by atoms with E-state index < -0.39 is 5.60 Å². The van der Waals surface area contributed by atoms with E-state index in [1.807, 2.05) is 42.5 Å². The standard InChI is InChI=1S/C20H17N3O2/c1-23-18-11-5-2-8-15(18)20(25,19(23)24)12-6-7-14-13-21-16-9-3-4-10-17(16)22-14/h2-11,13,25H,12H2,1H3/b7-6+/t20-/m0/s1. The zero-order valence-corrected chi connectivity index (χ0v) is 13.8. The molecule has 0 saturated heterocycles. The molecule has 2 heterocycles. The first-order valence-corrected chi connectivity index (χ1v) is 8.08. The molecular formula is C20H17N3O2. The van der Waals surface area contributed by atoms with Gasteiger partial charge in [-0.2, -0.15) is 0 Å². The van der Waals surface area contributed by atoms with Crippen molar-refractivity contribution >= 4 is 28.7 Å². The predicted molar refractivity (Wildman–Crippen MR) is 96.9 cm³/mol. The summed E-state index contributed by atoms with van der Waals surface area (Å²) >= 11 is 0. The summed E-state index contributed by atoms with van der Waals surface area (Å²) in [5.74, 6) is -0.317. The number of aliphatic hydroxyl groups is 1. The molecule has 4 rings (SSSR count). The second-order valence-corrected chi connectivity index (χ2v) is 6.13. The number of anilines is 1. The summed E-state index contributed by atoms with van der Waals surface area (Å²) < 4.78 is 0. The topological polar surface area (TPSA) is 66.3 Å². The highest BCUT2D eigenvalue weighted by Gasteiger charge is 2.47. The van der Waals surface area contributed by atoms with E-state index in [2.05, 4.69) is 9.97 Å². The van der Waals surface area contributed by atoms with Crippen LogP contribution in [0, 0.1) is 0 Å². The Bertz CT molecular complexity index is 999. The lowest BCUT2D eigenvalue weighted by atomic mass is 9.91. The van der Waals surface area contributed by atoms with E-state index in [-0.39, 0.29) is 12.3 Å². The lowest BCUT2D eigenvalue weighted by molar-refractivity contribution is -0.135. The van der Waals surface area contributed by atoms with E-state index in [0.717, 1.165) is 16.7 Å². The summed E-state index contributed by atoms with van der Waals surface area (Å²) in [6.45, 7) is 0. The number of amides is 1. The van der Waals surface area contributed by atoms with Gasteiger partial charge in [0, 0.05) is 19.0 Å². The van der Waals surface area contributed by atoms with Gasteiger partial charge in [-0.3, -0.25) is 9.78 Å². The Labute approximate surface area is 145 Å². The molecule has 5 heteroatoms. The third kappa shape index (κ3) is 2.49. The highest BCUT2D eigenvalue weighted by Crippen LogP contribution is 2.41. The fourth-order valence-electron chi connectivity index (χ4n) is 3.22. The largest absolute Gasteiger partial charge is 0.375 e. The molecule has 0 radical (unpaired) electrons.